The summed E-state index contributed by atoms with van der Waals surface area (Å²) in [5, 5.41) is 19.3. The zero-order valence-corrected chi connectivity index (χ0v) is 63.5. The smallest absolute Gasteiger partial charge is 0.407 e. The first kappa shape index (κ1) is 97.8. The number of ether oxygens (including phenoxy) is 2. The first-order valence-corrected chi connectivity index (χ1v) is 32.9. The van der Waals surface area contributed by atoms with E-state index in [0.29, 0.717) is 19.4 Å². The molecule has 0 saturated carbocycles. The number of carbonyl (C=O) groups is 20. The molecule has 8 amide bonds. The average Bonchev–Trinajstić information content (AvgIpc) is 0.876. The number of carbonyl (C=O) groups excluding carboxylic acids is 20. The fourth-order valence-corrected chi connectivity index (χ4v) is 8.07. The highest BCUT2D eigenvalue weighted by molar-refractivity contribution is 6.00. The minimum absolute atomic E-state index is 0.00367. The molecular formula is C70H116N8O22. The van der Waals surface area contributed by atoms with Crippen molar-refractivity contribution < 1.29 is 105 Å². The molecule has 0 fully saturated rings. The third kappa shape index (κ3) is 56.3. The Labute approximate surface area is 589 Å². The highest BCUT2D eigenvalue weighted by atomic mass is 16.6. The molecule has 0 aromatic carbocycles. The van der Waals surface area contributed by atoms with Crippen LogP contribution in [0.15, 0.2) is 0 Å². The Morgan fingerprint density at radius 3 is 0.640 bits per heavy atom. The molecule has 0 aliphatic heterocycles. The fraction of sp³-hybridized carbons (Fsp3) is 0.714. The van der Waals surface area contributed by atoms with Crippen LogP contribution in [0.5, 0.6) is 0 Å². The van der Waals surface area contributed by atoms with E-state index in [1.54, 1.807) is 0 Å². The molecule has 0 aromatic heterocycles. The van der Waals surface area contributed by atoms with Gasteiger partial charge in [-0.1, -0.05) is 83.1 Å². The molecule has 0 heterocycles. The van der Waals surface area contributed by atoms with Gasteiger partial charge in [0.25, 0.3) is 0 Å². The number of ketones is 12. The van der Waals surface area contributed by atoms with Gasteiger partial charge in [-0.05, 0) is 118 Å². The van der Waals surface area contributed by atoms with Gasteiger partial charge < -0.3 is 52.0 Å². The van der Waals surface area contributed by atoms with Gasteiger partial charge in [0.15, 0.2) is 34.7 Å². The topological polar surface area (TPSA) is 456 Å². The Balaban J connectivity index is -0.000000644. The van der Waals surface area contributed by atoms with Gasteiger partial charge in [0.1, 0.15) is 46.8 Å². The summed E-state index contributed by atoms with van der Waals surface area (Å²) in [5.41, 5.74) is -0.525. The quantitative estimate of drug-likeness (QED) is 0.0404. The summed E-state index contributed by atoms with van der Waals surface area (Å²) >= 11 is 0. The van der Waals surface area contributed by atoms with Gasteiger partial charge >= 0.3 is 12.2 Å². The second-order valence-corrected chi connectivity index (χ2v) is 29.9. The lowest BCUT2D eigenvalue weighted by Crippen LogP contribution is -2.54. The standard InChI is InChI=1S/C23H37N3O8.C22H35N3O7.C13H23NO4.C12H21NO3/c1-13(27)10-17(15(3)29)24-20(31)12-19(26-22(33)34-9-8-23(5,6)7)21(32)25-18(16(4)30)11-14(2)28;1-12(26)8-16(14(3)28)23-19(30)10-18(24-20(31)11-22(5,6)7)21(32)25-17(15(4)29)9-13(2)27;1-9(15)8-11(10(2)16)14-12(17)18-7-6-13(3,4)5;1-8(14)6-10(9(2)15)13-11(16)7-12(3,4)5/h17-19H,8-12H2,1-7H3,(H,24,31)(H,25,32)(H,26,33);16-18H,8-11H2,1-7H3,(H,23,30)(H,24,31)(H,25,32);11H,6-8H2,1-5H3,(H,14,17);10H,6-7H2,1-5H3,(H,13,16). The summed E-state index contributed by atoms with van der Waals surface area (Å²) in [6, 6.07) is -8.60. The highest BCUT2D eigenvalue weighted by Gasteiger charge is 2.33. The molecule has 0 aliphatic rings. The summed E-state index contributed by atoms with van der Waals surface area (Å²) in [5.74, 6) is -7.61. The van der Waals surface area contributed by atoms with Crippen molar-refractivity contribution in [3.05, 3.63) is 0 Å². The third-order valence-electron chi connectivity index (χ3n) is 13.4. The molecular weight excluding hydrogens is 1300 g/mol. The number of rotatable bonds is 38. The van der Waals surface area contributed by atoms with Crippen LogP contribution in [0.4, 0.5) is 9.59 Å². The SMILES string of the molecule is CC(=O)CC(NC(=O)CC(C)(C)C)C(C)=O.CC(=O)CC(NC(=O)CC(NC(=O)CC(C)(C)C)C(=O)NC(CC(C)=O)C(C)=O)C(C)=O.CC(=O)CC(NC(=O)CC(NC(=O)OCCC(C)(C)C)C(=O)NC(CC(C)=O)C(C)=O)C(C)=O.CC(=O)CC(NC(=O)OCCC(C)(C)C)C(C)=O. The molecule has 0 aliphatic carbocycles. The zero-order valence-electron chi connectivity index (χ0n) is 63.5. The van der Waals surface area contributed by atoms with Crippen LogP contribution in [0.1, 0.15) is 243 Å². The lowest BCUT2D eigenvalue weighted by atomic mass is 9.91. The van der Waals surface area contributed by atoms with Crippen LogP contribution in [0.25, 0.3) is 0 Å². The van der Waals surface area contributed by atoms with Crippen molar-refractivity contribution in [3.63, 3.8) is 0 Å². The molecule has 8 atom stereocenters. The number of alkyl carbamates (subject to hydrolysis) is 2. The first-order chi connectivity index (χ1) is 45.3. The minimum Gasteiger partial charge on any atom is -0.450 e. The van der Waals surface area contributed by atoms with Crippen LogP contribution < -0.4 is 42.5 Å². The van der Waals surface area contributed by atoms with E-state index in [1.807, 2.05) is 83.1 Å². The molecule has 0 aromatic rings. The summed E-state index contributed by atoms with van der Waals surface area (Å²) in [4.78, 5) is 235. The Hall–Kier alpha value is -8.60. The monoisotopic (exact) mass is 1420 g/mol. The predicted octanol–water partition coefficient (Wildman–Crippen LogP) is 4.98. The summed E-state index contributed by atoms with van der Waals surface area (Å²) < 4.78 is 10.1. The van der Waals surface area contributed by atoms with E-state index in [4.69, 9.17) is 9.47 Å². The van der Waals surface area contributed by atoms with Crippen molar-refractivity contribution in [2.24, 2.45) is 21.7 Å². The van der Waals surface area contributed by atoms with E-state index in [0.717, 1.165) is 6.42 Å². The highest BCUT2D eigenvalue weighted by Crippen LogP contribution is 2.21. The second-order valence-electron chi connectivity index (χ2n) is 29.9. The van der Waals surface area contributed by atoms with Gasteiger partial charge in [0.05, 0.1) is 62.3 Å². The Kier molecular flexibility index (Phi) is 46.4. The Morgan fingerprint density at radius 2 is 0.430 bits per heavy atom. The zero-order chi connectivity index (χ0) is 79.1. The van der Waals surface area contributed by atoms with E-state index in [2.05, 4.69) is 42.5 Å². The normalized spacial score (nSPS) is 13.4. The van der Waals surface area contributed by atoms with Gasteiger partial charge in [-0.15, -0.1) is 0 Å². The number of Topliss-reactive ketones (excluding diaryl/α,β-unsaturated/α-hetero) is 12. The van der Waals surface area contributed by atoms with Gasteiger partial charge in [-0.3, -0.25) is 86.3 Å². The number of hydrogen-bond donors (Lipinski definition) is 8. The van der Waals surface area contributed by atoms with Crippen LogP contribution in [-0.4, -0.2) is 179 Å². The average molecular weight is 1420 g/mol. The van der Waals surface area contributed by atoms with Gasteiger partial charge in [-0.2, -0.15) is 0 Å². The van der Waals surface area contributed by atoms with Crippen molar-refractivity contribution in [2.75, 3.05) is 13.2 Å². The minimum atomic E-state index is -1.46. The summed E-state index contributed by atoms with van der Waals surface area (Å²) in [7, 11) is 0. The van der Waals surface area contributed by atoms with E-state index in [-0.39, 0.29) is 125 Å². The van der Waals surface area contributed by atoms with E-state index in [9.17, 15) is 95.9 Å². The molecule has 568 valence electrons. The van der Waals surface area contributed by atoms with Crippen molar-refractivity contribution in [2.45, 2.75) is 292 Å². The van der Waals surface area contributed by atoms with Crippen LogP contribution in [0.3, 0.4) is 0 Å². The van der Waals surface area contributed by atoms with Gasteiger partial charge in [-0.25, -0.2) is 9.59 Å². The van der Waals surface area contributed by atoms with Gasteiger partial charge in [0, 0.05) is 51.4 Å². The molecule has 30 nitrogen and oxygen atoms in total. The summed E-state index contributed by atoms with van der Waals surface area (Å²) in [6.07, 6.45) is -1.82. The molecule has 30 heteroatoms. The predicted molar refractivity (Wildman–Crippen MR) is 370 cm³/mol. The second kappa shape index (κ2) is 47.4. The largest absolute Gasteiger partial charge is 0.450 e. The van der Waals surface area contributed by atoms with Crippen molar-refractivity contribution in [1.29, 1.82) is 0 Å². The number of amides is 8. The lowest BCUT2D eigenvalue weighted by molar-refractivity contribution is -0.135. The maximum Gasteiger partial charge on any atom is 0.407 e. The molecule has 100 heavy (non-hydrogen) atoms. The Morgan fingerprint density at radius 1 is 0.240 bits per heavy atom. The van der Waals surface area contributed by atoms with Crippen LogP contribution in [-0.2, 0) is 95.8 Å². The van der Waals surface area contributed by atoms with Crippen molar-refractivity contribution >= 4 is 117 Å². The number of nitrogens with one attached hydrogen (secondary N) is 8. The van der Waals surface area contributed by atoms with E-state index >= 15 is 0 Å². The van der Waals surface area contributed by atoms with Crippen molar-refractivity contribution in [3.8, 4) is 0 Å². The van der Waals surface area contributed by atoms with Crippen LogP contribution in [0.2, 0.25) is 0 Å². The third-order valence-corrected chi connectivity index (χ3v) is 13.4. The van der Waals surface area contributed by atoms with Crippen LogP contribution >= 0.6 is 0 Å². The molecule has 0 spiro atoms. The van der Waals surface area contributed by atoms with Crippen molar-refractivity contribution in [1.82, 2.24) is 42.5 Å². The maximum absolute atomic E-state index is 12.8. The fourth-order valence-electron chi connectivity index (χ4n) is 8.07. The molecule has 8 N–H and O–H groups in total. The van der Waals surface area contributed by atoms with Crippen LogP contribution in [0, 0.1) is 21.7 Å². The molecule has 0 rings (SSSR count). The first-order valence-electron chi connectivity index (χ1n) is 32.9. The molecule has 0 radical (unpaired) electrons. The maximum atomic E-state index is 12.8. The molecule has 0 saturated heterocycles. The number of hydrogen-bond acceptors (Lipinski definition) is 22. The molecule has 0 bridgehead atoms. The molecule has 8 unspecified atom stereocenters. The van der Waals surface area contributed by atoms with E-state index in [1.165, 1.54) is 83.1 Å². The Bertz CT molecular complexity index is 2910. The summed E-state index contributed by atoms with van der Waals surface area (Å²) in [6.45, 7) is 39.1. The lowest BCUT2D eigenvalue weighted by Gasteiger charge is -2.24. The van der Waals surface area contributed by atoms with E-state index < -0.39 is 126 Å². The van der Waals surface area contributed by atoms with Gasteiger partial charge in [0.2, 0.25) is 35.4 Å².